The van der Waals surface area contributed by atoms with Crippen molar-refractivity contribution in [3.8, 4) is 0 Å². The summed E-state index contributed by atoms with van der Waals surface area (Å²) in [6.45, 7) is 13.4. The molecular weight excluding hydrogens is 990 g/mol. The molecule has 0 bridgehead atoms. The maximum atomic E-state index is 13.5. The zero-order valence-electron chi connectivity index (χ0n) is 40.8. The maximum absolute atomic E-state index is 13.5. The van der Waals surface area contributed by atoms with E-state index < -0.39 is 116 Å². The molecule has 0 aliphatic carbocycles. The lowest BCUT2D eigenvalue weighted by atomic mass is 10.4. The van der Waals surface area contributed by atoms with Crippen molar-refractivity contribution in [1.82, 2.24) is 39.0 Å². The quantitative estimate of drug-likeness (QED) is 0.0237. The summed E-state index contributed by atoms with van der Waals surface area (Å²) in [6.07, 6.45) is -3.07. The Bertz CT molecular complexity index is 2210. The normalized spacial score (nSPS) is 12.8. The van der Waals surface area contributed by atoms with Gasteiger partial charge >= 0.3 is 39.8 Å². The molecule has 0 radical (unpaired) electrons. The first-order valence-corrected chi connectivity index (χ1v) is 25.2. The van der Waals surface area contributed by atoms with Gasteiger partial charge in [-0.05, 0) is 69.2 Å². The minimum Gasteiger partial charge on any atom is -0.432 e. The zero-order valence-corrected chi connectivity index (χ0v) is 42.6. The van der Waals surface area contributed by atoms with Crippen LogP contribution < -0.4 is 10.6 Å². The number of carbonyl (C=O) groups excluding carboxylic acids is 4. The van der Waals surface area contributed by atoms with Gasteiger partial charge in [-0.2, -0.15) is 0 Å². The van der Waals surface area contributed by atoms with Crippen molar-refractivity contribution < 1.29 is 93.8 Å². The highest BCUT2D eigenvalue weighted by Gasteiger charge is 2.31. The molecule has 0 saturated heterocycles. The van der Waals surface area contributed by atoms with Crippen molar-refractivity contribution in [2.75, 3.05) is 57.2 Å². The predicted octanol–water partition coefficient (Wildman–Crippen LogP) is 6.70. The Morgan fingerprint density at radius 1 is 0.493 bits per heavy atom. The number of nitrogens with one attached hydrogen (secondary N) is 2. The van der Waals surface area contributed by atoms with E-state index in [1.54, 1.807) is 78.4 Å². The average molecular weight is 1050 g/mol. The molecule has 4 aromatic heterocycles. The van der Waals surface area contributed by atoms with Crippen molar-refractivity contribution in [2.24, 2.45) is 0 Å². The minimum absolute atomic E-state index is 0.0944. The molecule has 0 saturated carbocycles. The number of ether oxygens (including phenoxy) is 10. The summed E-state index contributed by atoms with van der Waals surface area (Å²) < 4.78 is 102. The number of nitrogens with zero attached hydrogens (tertiary/aromatic N) is 8. The fourth-order valence-corrected chi connectivity index (χ4v) is 7.52. The van der Waals surface area contributed by atoms with Crippen molar-refractivity contribution in [2.45, 2.75) is 119 Å². The number of hydrogen-bond donors (Lipinski definition) is 2. The van der Waals surface area contributed by atoms with Gasteiger partial charge in [0.05, 0.1) is 69.0 Å². The Hall–Kier alpha value is -6.00. The largest absolute Gasteiger partial charge is 0.510 e. The van der Waals surface area contributed by atoms with Gasteiger partial charge in [0.2, 0.25) is 27.2 Å². The fraction of sp³-hybridized carbons (Fsp3) is 0.641. The lowest BCUT2D eigenvalue weighted by molar-refractivity contribution is -0.0390. The predicted molar refractivity (Wildman–Crippen MR) is 243 cm³/mol. The molecule has 0 aliphatic heterocycles. The third-order valence-electron chi connectivity index (χ3n) is 8.29. The molecule has 30 nitrogen and oxygen atoms in total. The van der Waals surface area contributed by atoms with E-state index in [-0.39, 0.29) is 19.8 Å². The molecule has 0 spiro atoms. The molecule has 2 N–H and O–H groups in total. The topological polar surface area (TPSA) is 343 Å². The molecule has 396 valence electrons. The molecule has 4 heterocycles. The second-order valence-corrected chi connectivity index (χ2v) is 19.8. The van der Waals surface area contributed by atoms with Crippen LogP contribution in [0.4, 0.5) is 30.8 Å². The van der Waals surface area contributed by atoms with Gasteiger partial charge in [-0.3, -0.25) is 27.2 Å². The van der Waals surface area contributed by atoms with E-state index in [4.69, 9.17) is 65.5 Å². The Morgan fingerprint density at radius 3 is 1.10 bits per heavy atom. The Balaban J connectivity index is 1.33. The van der Waals surface area contributed by atoms with Gasteiger partial charge < -0.3 is 67.1 Å². The summed E-state index contributed by atoms with van der Waals surface area (Å²) in [6, 6.07) is 0. The third kappa shape index (κ3) is 20.3. The first-order valence-electron chi connectivity index (χ1n) is 21.8. The van der Waals surface area contributed by atoms with Gasteiger partial charge in [-0.1, -0.05) is 0 Å². The SMILES string of the molecule is CC(C)OC(=O)OCOP(=O)(CO[C@@H](C)Cn1cnc2c(NCNc3ncnc4c3ncn4C[C@H](C)OCP(=O)(OCOC(=O)OC(C)C)OCOC(=O)OC(C)C)ncnc21)OCOC(=O)OC(C)C. The summed E-state index contributed by atoms with van der Waals surface area (Å²) in [4.78, 5) is 73.5. The standard InChI is InChI=1S/C39H60N10O20P2/c1-24(2)66-36(50)56-18-62-70(54,63-19-57-37(51)67-25(3)4)22-60-28(9)11-48-16-46-30-32(42-14-44-34(30)48)40-13-41-33-31-35(45-15-43-33)49(17-47-31)12-29(10)61-23-71(55,64-20-58-38(52)68-26(5)6)65-21-59-39(53)69-27(7)8/h14-17,24-29H,11-13,18-23H2,1-10H3,(H,40,42,44)(H,41,43,45)/t28-,29-/m0/s1. The van der Waals surface area contributed by atoms with Gasteiger partial charge in [0.1, 0.15) is 36.4 Å². The number of aromatic nitrogens is 8. The van der Waals surface area contributed by atoms with E-state index in [2.05, 4.69) is 40.5 Å². The van der Waals surface area contributed by atoms with E-state index in [1.807, 2.05) is 0 Å². The molecule has 2 atom stereocenters. The molecule has 32 heteroatoms. The molecular formula is C39H60N10O20P2. The summed E-state index contributed by atoms with van der Waals surface area (Å²) in [5.74, 6) is 0.730. The van der Waals surface area contributed by atoms with Crippen LogP contribution in [0.5, 0.6) is 0 Å². The first-order chi connectivity index (χ1) is 33.6. The van der Waals surface area contributed by atoms with Crippen LogP contribution >= 0.6 is 15.2 Å². The van der Waals surface area contributed by atoms with Gasteiger partial charge in [-0.25, -0.2) is 49.1 Å². The summed E-state index contributed by atoms with van der Waals surface area (Å²) in [7, 11) is -8.41. The number of rotatable bonds is 30. The minimum atomic E-state index is -4.21. The highest BCUT2D eigenvalue weighted by atomic mass is 31.2. The molecule has 0 fully saturated rings. The number of carbonyl (C=O) groups is 4. The smallest absolute Gasteiger partial charge is 0.432 e. The molecule has 0 aromatic carbocycles. The fourth-order valence-electron chi connectivity index (χ4n) is 5.34. The first kappa shape index (κ1) is 57.6. The molecule has 4 aromatic rings. The number of hydrogen-bond acceptors (Lipinski definition) is 28. The molecule has 71 heavy (non-hydrogen) atoms. The summed E-state index contributed by atoms with van der Waals surface area (Å²) in [5, 5.41) is 6.30. The van der Waals surface area contributed by atoms with Crippen molar-refractivity contribution in [3.05, 3.63) is 25.3 Å². The van der Waals surface area contributed by atoms with Crippen LogP contribution in [0.15, 0.2) is 25.3 Å². The van der Waals surface area contributed by atoms with Crippen molar-refractivity contribution >= 4 is 73.8 Å². The molecule has 0 amide bonds. The van der Waals surface area contributed by atoms with Crippen LogP contribution in [0, 0.1) is 0 Å². The second-order valence-electron chi connectivity index (χ2n) is 15.8. The Labute approximate surface area is 407 Å². The summed E-state index contributed by atoms with van der Waals surface area (Å²) in [5.41, 5.74) is 1.67. The maximum Gasteiger partial charge on any atom is 0.510 e. The molecule has 0 aliphatic rings. The lowest BCUT2D eigenvalue weighted by Gasteiger charge is -2.21. The second kappa shape index (κ2) is 28.1. The van der Waals surface area contributed by atoms with E-state index in [9.17, 15) is 28.3 Å². The van der Waals surface area contributed by atoms with E-state index in [0.29, 0.717) is 34.0 Å². The monoisotopic (exact) mass is 1050 g/mol. The number of anilines is 2. The Kier molecular flexibility index (Phi) is 22.8. The van der Waals surface area contributed by atoms with Gasteiger partial charge in [0.15, 0.2) is 22.9 Å². The van der Waals surface area contributed by atoms with Gasteiger partial charge in [-0.15, -0.1) is 0 Å². The highest BCUT2D eigenvalue weighted by molar-refractivity contribution is 7.53. The van der Waals surface area contributed by atoms with Crippen molar-refractivity contribution in [1.29, 1.82) is 0 Å². The zero-order chi connectivity index (χ0) is 52.1. The van der Waals surface area contributed by atoms with E-state index >= 15 is 0 Å². The number of imidazole rings is 2. The number of fused-ring (bicyclic) bond motifs is 2. The van der Waals surface area contributed by atoms with Gasteiger partial charge in [0, 0.05) is 0 Å². The average Bonchev–Trinajstić information content (AvgIpc) is 3.88. The molecule has 0 unspecified atom stereocenters. The molecule has 4 rings (SSSR count). The van der Waals surface area contributed by atoms with Crippen LogP contribution in [0.25, 0.3) is 22.3 Å². The highest BCUT2D eigenvalue weighted by Crippen LogP contribution is 2.49. The Morgan fingerprint density at radius 2 is 0.803 bits per heavy atom. The van der Waals surface area contributed by atoms with Crippen LogP contribution in [0.1, 0.15) is 69.2 Å². The van der Waals surface area contributed by atoms with Crippen molar-refractivity contribution in [3.63, 3.8) is 0 Å². The van der Waals surface area contributed by atoms with Crippen LogP contribution in [-0.2, 0) is 87.7 Å². The lowest BCUT2D eigenvalue weighted by Crippen LogP contribution is -2.20. The van der Waals surface area contributed by atoms with E-state index in [0.717, 1.165) is 0 Å². The van der Waals surface area contributed by atoms with Crippen LogP contribution in [-0.4, -0.2) is 147 Å². The van der Waals surface area contributed by atoms with Crippen LogP contribution in [0.2, 0.25) is 0 Å². The third-order valence-corrected chi connectivity index (χ3v) is 11.2. The summed E-state index contributed by atoms with van der Waals surface area (Å²) >= 11 is 0. The van der Waals surface area contributed by atoms with Crippen LogP contribution in [0.3, 0.4) is 0 Å². The van der Waals surface area contributed by atoms with E-state index in [1.165, 1.54) is 25.3 Å². The van der Waals surface area contributed by atoms with Gasteiger partial charge in [0.25, 0.3) is 0 Å².